The highest BCUT2D eigenvalue weighted by Crippen LogP contribution is 2.14. The van der Waals surface area contributed by atoms with E-state index in [-0.39, 0.29) is 11.8 Å². The predicted molar refractivity (Wildman–Crippen MR) is 54.9 cm³/mol. The Hall–Kier alpha value is -1.52. The molecule has 0 spiro atoms. The molecule has 0 aliphatic carbocycles. The maximum Gasteiger partial charge on any atom is 0.358 e. The van der Waals surface area contributed by atoms with Crippen molar-refractivity contribution in [3.05, 3.63) is 11.8 Å². The normalized spacial score (nSPS) is 10.5. The Balaban J connectivity index is 2.80. The molecule has 1 aromatic heterocycles. The third-order valence-electron chi connectivity index (χ3n) is 1.68. The number of esters is 1. The molecular weight excluding hydrogens is 196 g/mol. The van der Waals surface area contributed by atoms with E-state index in [2.05, 4.69) is 5.10 Å². The van der Waals surface area contributed by atoms with Crippen LogP contribution in [-0.4, -0.2) is 28.5 Å². The van der Waals surface area contributed by atoms with Crippen molar-refractivity contribution in [2.24, 2.45) is 7.05 Å². The molecule has 0 saturated carbocycles. The number of rotatable bonds is 4. The zero-order valence-electron chi connectivity index (χ0n) is 9.48. The van der Waals surface area contributed by atoms with Crippen LogP contribution in [0.3, 0.4) is 0 Å². The third-order valence-corrected chi connectivity index (χ3v) is 1.68. The molecule has 1 heterocycles. The number of aryl methyl sites for hydroxylation is 1. The molecule has 0 bridgehead atoms. The summed E-state index contributed by atoms with van der Waals surface area (Å²) in [4.78, 5) is 11.3. The van der Waals surface area contributed by atoms with Crippen molar-refractivity contribution in [1.29, 1.82) is 0 Å². The lowest BCUT2D eigenvalue weighted by atomic mass is 10.4. The molecule has 0 N–H and O–H groups in total. The van der Waals surface area contributed by atoms with Gasteiger partial charge in [-0.05, 0) is 20.8 Å². The summed E-state index contributed by atoms with van der Waals surface area (Å²) in [5.74, 6) is 0.139. The lowest BCUT2D eigenvalue weighted by molar-refractivity contribution is 0.0518. The van der Waals surface area contributed by atoms with Gasteiger partial charge in [0.25, 0.3) is 0 Å². The van der Waals surface area contributed by atoms with E-state index >= 15 is 0 Å². The Morgan fingerprint density at radius 3 is 2.80 bits per heavy atom. The summed E-state index contributed by atoms with van der Waals surface area (Å²) in [6.07, 6.45) is 0.0513. The predicted octanol–water partition coefficient (Wildman–Crippen LogP) is 1.38. The summed E-state index contributed by atoms with van der Waals surface area (Å²) in [5.41, 5.74) is 0.273. The molecule has 0 aliphatic heterocycles. The van der Waals surface area contributed by atoms with Gasteiger partial charge in [0, 0.05) is 13.1 Å². The maximum absolute atomic E-state index is 11.3. The van der Waals surface area contributed by atoms with Gasteiger partial charge in [0.2, 0.25) is 5.88 Å². The molecule has 15 heavy (non-hydrogen) atoms. The fourth-order valence-corrected chi connectivity index (χ4v) is 1.11. The first-order chi connectivity index (χ1) is 7.04. The molecular formula is C10H16N2O3. The molecule has 0 radical (unpaired) electrons. The lowest BCUT2D eigenvalue weighted by Crippen LogP contribution is -2.08. The van der Waals surface area contributed by atoms with Gasteiger partial charge in [0.15, 0.2) is 5.69 Å². The van der Waals surface area contributed by atoms with Gasteiger partial charge in [-0.2, -0.15) is 5.10 Å². The molecule has 0 aliphatic rings. The highest BCUT2D eigenvalue weighted by atomic mass is 16.5. The Morgan fingerprint density at radius 1 is 1.60 bits per heavy atom. The van der Waals surface area contributed by atoms with Crippen LogP contribution in [0.4, 0.5) is 0 Å². The van der Waals surface area contributed by atoms with Crippen LogP contribution in [0.15, 0.2) is 6.07 Å². The van der Waals surface area contributed by atoms with Gasteiger partial charge in [0.1, 0.15) is 0 Å². The topological polar surface area (TPSA) is 53.4 Å². The van der Waals surface area contributed by atoms with Gasteiger partial charge >= 0.3 is 5.97 Å². The van der Waals surface area contributed by atoms with Crippen LogP contribution in [0, 0.1) is 0 Å². The van der Waals surface area contributed by atoms with Crippen LogP contribution >= 0.6 is 0 Å². The molecule has 1 aromatic rings. The molecule has 0 amide bonds. The smallest absolute Gasteiger partial charge is 0.358 e. The highest BCUT2D eigenvalue weighted by Gasteiger charge is 2.14. The molecule has 5 heteroatoms. The van der Waals surface area contributed by atoms with Crippen molar-refractivity contribution < 1.29 is 14.3 Å². The van der Waals surface area contributed by atoms with Gasteiger partial charge in [-0.25, -0.2) is 9.48 Å². The summed E-state index contributed by atoms with van der Waals surface area (Å²) < 4.78 is 11.8. The minimum Gasteiger partial charge on any atom is -0.475 e. The van der Waals surface area contributed by atoms with Gasteiger partial charge in [-0.1, -0.05) is 0 Å². The van der Waals surface area contributed by atoms with Crippen LogP contribution in [0.5, 0.6) is 5.88 Å². The van der Waals surface area contributed by atoms with E-state index in [1.807, 2.05) is 13.8 Å². The summed E-state index contributed by atoms with van der Waals surface area (Å²) >= 11 is 0. The molecule has 0 saturated heterocycles. The van der Waals surface area contributed by atoms with Gasteiger partial charge in [-0.15, -0.1) is 0 Å². The van der Waals surface area contributed by atoms with Crippen molar-refractivity contribution in [3.8, 4) is 5.88 Å². The highest BCUT2D eigenvalue weighted by molar-refractivity contribution is 5.87. The van der Waals surface area contributed by atoms with E-state index in [1.54, 1.807) is 20.0 Å². The van der Waals surface area contributed by atoms with Crippen LogP contribution in [0.1, 0.15) is 31.3 Å². The van der Waals surface area contributed by atoms with Crippen molar-refractivity contribution in [3.63, 3.8) is 0 Å². The maximum atomic E-state index is 11.3. The summed E-state index contributed by atoms with van der Waals surface area (Å²) in [6, 6.07) is 1.58. The molecule has 0 fully saturated rings. The van der Waals surface area contributed by atoms with E-state index < -0.39 is 5.97 Å². The number of ether oxygens (including phenoxy) is 2. The summed E-state index contributed by atoms with van der Waals surface area (Å²) in [7, 11) is 1.72. The average molecular weight is 212 g/mol. The quantitative estimate of drug-likeness (QED) is 0.707. The lowest BCUT2D eigenvalue weighted by Gasteiger charge is -2.07. The first-order valence-corrected chi connectivity index (χ1v) is 4.92. The van der Waals surface area contributed by atoms with E-state index in [0.717, 1.165) is 0 Å². The minimum atomic E-state index is -0.424. The zero-order valence-corrected chi connectivity index (χ0v) is 9.48. The summed E-state index contributed by atoms with van der Waals surface area (Å²) in [6.45, 7) is 5.93. The van der Waals surface area contributed by atoms with Gasteiger partial charge in [-0.3, -0.25) is 0 Å². The second kappa shape index (κ2) is 4.82. The fourth-order valence-electron chi connectivity index (χ4n) is 1.11. The molecule has 0 aromatic carbocycles. The second-order valence-electron chi connectivity index (χ2n) is 3.38. The van der Waals surface area contributed by atoms with Crippen molar-refractivity contribution in [2.45, 2.75) is 26.9 Å². The number of carbonyl (C=O) groups excluding carboxylic acids is 1. The van der Waals surface area contributed by atoms with Crippen molar-refractivity contribution in [2.75, 3.05) is 6.61 Å². The number of nitrogens with zero attached hydrogens (tertiary/aromatic N) is 2. The monoisotopic (exact) mass is 212 g/mol. The van der Waals surface area contributed by atoms with E-state index in [9.17, 15) is 4.79 Å². The zero-order chi connectivity index (χ0) is 11.4. The number of hydrogen-bond donors (Lipinski definition) is 0. The SMILES string of the molecule is CCOC(=O)c1cc(OC(C)C)n(C)n1. The first-order valence-electron chi connectivity index (χ1n) is 4.92. The average Bonchev–Trinajstić information content (AvgIpc) is 2.47. The van der Waals surface area contributed by atoms with Crippen LogP contribution in [0.25, 0.3) is 0 Å². The number of hydrogen-bond acceptors (Lipinski definition) is 4. The Morgan fingerprint density at radius 2 is 2.27 bits per heavy atom. The molecule has 84 valence electrons. The largest absolute Gasteiger partial charge is 0.475 e. The van der Waals surface area contributed by atoms with E-state index in [1.165, 1.54) is 4.68 Å². The van der Waals surface area contributed by atoms with Crippen LogP contribution in [0.2, 0.25) is 0 Å². The third kappa shape index (κ3) is 2.97. The Bertz CT molecular complexity index is 344. The fraction of sp³-hybridized carbons (Fsp3) is 0.600. The van der Waals surface area contributed by atoms with Crippen molar-refractivity contribution in [1.82, 2.24) is 9.78 Å². The van der Waals surface area contributed by atoms with Crippen LogP contribution in [-0.2, 0) is 11.8 Å². The molecule has 0 atom stereocenters. The first kappa shape index (κ1) is 11.6. The minimum absolute atomic E-state index is 0.0513. The second-order valence-corrected chi connectivity index (χ2v) is 3.38. The van der Waals surface area contributed by atoms with E-state index in [0.29, 0.717) is 12.5 Å². The molecule has 5 nitrogen and oxygen atoms in total. The van der Waals surface area contributed by atoms with Gasteiger partial charge in [0.05, 0.1) is 12.7 Å². The van der Waals surface area contributed by atoms with Crippen molar-refractivity contribution >= 4 is 5.97 Å². The molecule has 0 unspecified atom stereocenters. The number of aromatic nitrogens is 2. The van der Waals surface area contributed by atoms with Gasteiger partial charge < -0.3 is 9.47 Å². The standard InChI is InChI=1S/C10H16N2O3/c1-5-14-10(13)8-6-9(12(4)11-8)15-7(2)3/h6-7H,5H2,1-4H3. The van der Waals surface area contributed by atoms with Crippen LogP contribution < -0.4 is 4.74 Å². The molecule has 1 rings (SSSR count). The summed E-state index contributed by atoms with van der Waals surface area (Å²) in [5, 5.41) is 4.00. The van der Waals surface area contributed by atoms with E-state index in [4.69, 9.17) is 9.47 Å². The Kier molecular flexibility index (Phi) is 3.71. The Labute approximate surface area is 89.0 Å². The number of carbonyl (C=O) groups is 1.